The molecule has 1 rings (SSSR count). The van der Waals surface area contributed by atoms with Crippen molar-refractivity contribution in [3.05, 3.63) is 41.6 Å². The Labute approximate surface area is 179 Å². The Morgan fingerprint density at radius 3 is 2.07 bits per heavy atom. The van der Waals surface area contributed by atoms with Crippen molar-refractivity contribution in [2.45, 2.75) is 53.9 Å². The van der Waals surface area contributed by atoms with Gasteiger partial charge in [-0.1, -0.05) is 63.4 Å². The average molecular weight is 458 g/mol. The Hall–Kier alpha value is -1.82. The first kappa shape index (κ1) is 28.4. The highest BCUT2D eigenvalue weighted by atomic mass is 79.9. The molecule has 28 heavy (non-hydrogen) atoms. The lowest BCUT2D eigenvalue weighted by atomic mass is 10.2. The smallest absolute Gasteiger partial charge is 0.332 e. The second-order valence-electron chi connectivity index (χ2n) is 5.35. The summed E-state index contributed by atoms with van der Waals surface area (Å²) in [5, 5.41) is 0.410. The molecule has 5 nitrogen and oxygen atoms in total. The van der Waals surface area contributed by atoms with Gasteiger partial charge in [0.05, 0.1) is 26.5 Å². The van der Waals surface area contributed by atoms with Crippen LogP contribution in [0.15, 0.2) is 41.0 Å². The number of hydrogen-bond acceptors (Lipinski definition) is 5. The van der Waals surface area contributed by atoms with Crippen LogP contribution in [0.5, 0.6) is 5.75 Å². The monoisotopic (exact) mass is 457 g/mol. The topological polar surface area (TPSA) is 57.1 Å². The van der Waals surface area contributed by atoms with Crippen LogP contribution >= 0.6 is 15.9 Å². The van der Waals surface area contributed by atoms with E-state index in [4.69, 9.17) is 9.47 Å². The van der Waals surface area contributed by atoms with E-state index in [1.54, 1.807) is 0 Å². The van der Waals surface area contributed by atoms with Crippen molar-refractivity contribution in [2.24, 2.45) is 4.99 Å². The van der Waals surface area contributed by atoms with Gasteiger partial charge in [0, 0.05) is 17.0 Å². The van der Waals surface area contributed by atoms with Crippen molar-refractivity contribution in [2.75, 3.05) is 26.2 Å². The van der Waals surface area contributed by atoms with Gasteiger partial charge in [-0.2, -0.15) is 0 Å². The average Bonchev–Trinajstić information content (AvgIpc) is 2.73. The third kappa shape index (κ3) is 13.4. The predicted octanol–water partition coefficient (Wildman–Crippen LogP) is 6.15. The van der Waals surface area contributed by atoms with Gasteiger partial charge in [-0.25, -0.2) is 9.79 Å². The molecule has 0 spiro atoms. The van der Waals surface area contributed by atoms with E-state index in [1.165, 1.54) is 26.7 Å². The van der Waals surface area contributed by atoms with E-state index in [2.05, 4.69) is 46.4 Å². The first-order chi connectivity index (χ1) is 13.6. The SMILES string of the molecule is CC.CCC.CCCCOc1ccc(C(=N/C(=C/C(=O)OC)CBr)OC)cc1. The molecule has 0 fully saturated rings. The van der Waals surface area contributed by atoms with Crippen LogP contribution in [0.2, 0.25) is 0 Å². The molecule has 0 aromatic heterocycles. The fourth-order valence-corrected chi connectivity index (χ4v) is 1.97. The van der Waals surface area contributed by atoms with Crippen molar-refractivity contribution in [1.82, 2.24) is 0 Å². The summed E-state index contributed by atoms with van der Waals surface area (Å²) < 4.78 is 15.5. The summed E-state index contributed by atoms with van der Waals surface area (Å²) in [6.45, 7) is 11.1. The molecule has 0 amide bonds. The van der Waals surface area contributed by atoms with E-state index in [9.17, 15) is 4.79 Å². The Balaban J connectivity index is 0. The normalized spacial score (nSPS) is 10.7. The maximum absolute atomic E-state index is 11.3. The van der Waals surface area contributed by atoms with Gasteiger partial charge in [0.1, 0.15) is 5.75 Å². The highest BCUT2D eigenvalue weighted by molar-refractivity contribution is 9.09. The molecule has 0 aliphatic rings. The molecule has 160 valence electrons. The van der Waals surface area contributed by atoms with Gasteiger partial charge >= 0.3 is 5.97 Å². The van der Waals surface area contributed by atoms with Crippen LogP contribution in [0.25, 0.3) is 0 Å². The molecule has 1 aromatic rings. The Kier molecular flexibility index (Phi) is 20.2. The molecule has 0 saturated carbocycles. The van der Waals surface area contributed by atoms with Crippen molar-refractivity contribution in [3.63, 3.8) is 0 Å². The largest absolute Gasteiger partial charge is 0.494 e. The Bertz CT molecular complexity index is 568. The number of benzene rings is 1. The van der Waals surface area contributed by atoms with Crippen LogP contribution in [-0.4, -0.2) is 38.0 Å². The minimum atomic E-state index is -0.460. The molecule has 0 heterocycles. The lowest BCUT2D eigenvalue weighted by molar-refractivity contribution is -0.134. The maximum atomic E-state index is 11.3. The van der Waals surface area contributed by atoms with Crippen LogP contribution in [0.1, 0.15) is 59.4 Å². The Morgan fingerprint density at radius 2 is 1.64 bits per heavy atom. The van der Waals surface area contributed by atoms with Crippen molar-refractivity contribution in [3.8, 4) is 5.75 Å². The van der Waals surface area contributed by atoms with Crippen LogP contribution in [0.4, 0.5) is 0 Å². The number of aliphatic imine (C=N–C) groups is 1. The molecule has 0 N–H and O–H groups in total. The summed E-state index contributed by atoms with van der Waals surface area (Å²) in [7, 11) is 2.86. The lowest BCUT2D eigenvalue weighted by Gasteiger charge is -2.08. The number of rotatable bonds is 8. The first-order valence-electron chi connectivity index (χ1n) is 9.76. The number of hydrogen-bond donors (Lipinski definition) is 0. The number of allylic oxidation sites excluding steroid dienone is 1. The van der Waals surface area contributed by atoms with Gasteiger partial charge in [-0.3, -0.25) is 0 Å². The number of ether oxygens (including phenoxy) is 3. The van der Waals surface area contributed by atoms with Crippen molar-refractivity contribution in [1.29, 1.82) is 0 Å². The minimum absolute atomic E-state index is 0.410. The molecule has 0 radical (unpaired) electrons. The third-order valence-electron chi connectivity index (χ3n) is 2.93. The highest BCUT2D eigenvalue weighted by Gasteiger charge is 2.07. The molecular formula is C22H36BrNO4. The van der Waals surface area contributed by atoms with Gasteiger partial charge in [0.25, 0.3) is 0 Å². The number of carbonyl (C=O) groups is 1. The summed E-state index contributed by atoms with van der Waals surface area (Å²) in [5.74, 6) is 0.765. The van der Waals surface area contributed by atoms with Gasteiger partial charge < -0.3 is 14.2 Å². The molecule has 6 heteroatoms. The molecule has 0 unspecified atom stereocenters. The van der Waals surface area contributed by atoms with Gasteiger partial charge in [-0.15, -0.1) is 0 Å². The third-order valence-corrected chi connectivity index (χ3v) is 3.50. The zero-order valence-corrected chi connectivity index (χ0v) is 20.0. The van der Waals surface area contributed by atoms with Gasteiger partial charge in [0.2, 0.25) is 5.90 Å². The minimum Gasteiger partial charge on any atom is -0.494 e. The summed E-state index contributed by atoms with van der Waals surface area (Å²) in [6, 6.07) is 7.48. The van der Waals surface area contributed by atoms with Gasteiger partial charge in [-0.05, 0) is 30.7 Å². The molecule has 0 bridgehead atoms. The van der Waals surface area contributed by atoms with Crippen LogP contribution in [0.3, 0.4) is 0 Å². The summed E-state index contributed by atoms with van der Waals surface area (Å²) in [4.78, 5) is 15.7. The molecule has 1 aromatic carbocycles. The molecule has 0 aliphatic heterocycles. The predicted molar refractivity (Wildman–Crippen MR) is 122 cm³/mol. The van der Waals surface area contributed by atoms with Crippen LogP contribution in [-0.2, 0) is 14.3 Å². The molecule has 0 aliphatic carbocycles. The molecule has 0 atom stereocenters. The fraction of sp³-hybridized carbons (Fsp3) is 0.545. The molecular weight excluding hydrogens is 422 g/mol. The number of methoxy groups -OCH3 is 2. The van der Waals surface area contributed by atoms with Crippen LogP contribution < -0.4 is 4.74 Å². The Morgan fingerprint density at radius 1 is 1.07 bits per heavy atom. The quantitative estimate of drug-likeness (QED) is 0.117. The second kappa shape index (κ2) is 19.9. The van der Waals surface area contributed by atoms with Crippen molar-refractivity contribution < 1.29 is 19.0 Å². The maximum Gasteiger partial charge on any atom is 0.332 e. The number of nitrogens with zero attached hydrogens (tertiary/aromatic N) is 1. The van der Waals surface area contributed by atoms with Gasteiger partial charge in [0.15, 0.2) is 0 Å². The fourth-order valence-electron chi connectivity index (χ4n) is 1.68. The summed E-state index contributed by atoms with van der Waals surface area (Å²) in [5.41, 5.74) is 1.31. The highest BCUT2D eigenvalue weighted by Crippen LogP contribution is 2.15. The summed E-state index contributed by atoms with van der Waals surface area (Å²) >= 11 is 3.29. The van der Waals surface area contributed by atoms with Crippen molar-refractivity contribution >= 4 is 27.8 Å². The van der Waals surface area contributed by atoms with E-state index >= 15 is 0 Å². The molecule has 0 saturated heterocycles. The standard InChI is InChI=1S/C17H22BrNO4.C3H8.C2H6/c1-4-5-10-23-15-8-6-13(7-9-15)17(22-3)19-14(12-18)11-16(20)21-2;1-3-2;1-2/h6-9,11H,4-5,10,12H2,1-3H3;3H2,1-2H3;1-2H3/b14-11+,19-17?;;. The number of unbranched alkanes of at least 4 members (excludes halogenated alkanes) is 1. The van der Waals surface area contributed by atoms with E-state index in [-0.39, 0.29) is 0 Å². The second-order valence-corrected chi connectivity index (χ2v) is 5.91. The first-order valence-corrected chi connectivity index (χ1v) is 10.9. The number of alkyl halides is 1. The van der Waals surface area contributed by atoms with Crippen LogP contribution in [0, 0.1) is 0 Å². The zero-order valence-electron chi connectivity index (χ0n) is 18.4. The number of halogens is 1. The zero-order chi connectivity index (χ0) is 21.8. The van der Waals surface area contributed by atoms with E-state index < -0.39 is 5.97 Å². The lowest BCUT2D eigenvalue weighted by Crippen LogP contribution is -2.06. The van der Waals surface area contributed by atoms with E-state index in [0.29, 0.717) is 23.5 Å². The number of carbonyl (C=O) groups excluding carboxylic acids is 1. The number of esters is 1. The summed E-state index contributed by atoms with van der Waals surface area (Å²) in [6.07, 6.45) is 4.69. The van der Waals surface area contributed by atoms with E-state index in [1.807, 2.05) is 38.1 Å². The van der Waals surface area contributed by atoms with E-state index in [0.717, 1.165) is 24.2 Å².